The monoisotopic (exact) mass is 232 g/mol. The third kappa shape index (κ3) is 40.0. The highest BCUT2D eigenvalue weighted by Gasteiger charge is 1.93. The van der Waals surface area contributed by atoms with Gasteiger partial charge in [-0.1, -0.05) is 0 Å². The van der Waals surface area contributed by atoms with Crippen molar-refractivity contribution in [1.29, 1.82) is 0 Å². The van der Waals surface area contributed by atoms with Crippen LogP contribution in [0.3, 0.4) is 0 Å². The zero-order chi connectivity index (χ0) is 11.8. The first kappa shape index (κ1) is 19.6. The van der Waals surface area contributed by atoms with E-state index in [-0.39, 0.29) is 25.5 Å². The quantitative estimate of drug-likeness (QED) is 0.435. The minimum absolute atomic E-state index is 0.250. The molecule has 0 spiro atoms. The van der Waals surface area contributed by atoms with Gasteiger partial charge >= 0.3 is 0 Å². The average molecular weight is 232 g/mol. The van der Waals surface area contributed by atoms with E-state index in [0.29, 0.717) is 0 Å². The Morgan fingerprint density at radius 2 is 1.36 bits per heavy atom. The normalized spacial score (nSPS) is 8.57. The van der Waals surface area contributed by atoms with Gasteiger partial charge in [0, 0.05) is 13.2 Å². The molecule has 7 heteroatoms. The van der Waals surface area contributed by atoms with Crippen LogP contribution in [0.25, 0.3) is 0 Å². The molecule has 0 heterocycles. The molecule has 0 bridgehead atoms. The highest BCUT2D eigenvalue weighted by atomic mass is 32.2. The van der Waals surface area contributed by atoms with Crippen LogP contribution in [0.4, 0.5) is 0 Å². The Bertz CT molecular complexity index is 69.2. The van der Waals surface area contributed by atoms with E-state index in [1.165, 1.54) is 0 Å². The number of rotatable bonds is 4. The predicted molar refractivity (Wildman–Crippen MR) is 55.2 cm³/mol. The lowest BCUT2D eigenvalue weighted by molar-refractivity contribution is 0.0450. The second kappa shape index (κ2) is 23.2. The van der Waals surface area contributed by atoms with E-state index in [2.05, 4.69) is 0 Å². The summed E-state index contributed by atoms with van der Waals surface area (Å²) in [6, 6.07) is 0. The van der Waals surface area contributed by atoms with Crippen LogP contribution in [-0.4, -0.2) is 57.0 Å². The van der Waals surface area contributed by atoms with E-state index in [4.69, 9.17) is 29.2 Å². The van der Waals surface area contributed by atoms with Crippen molar-refractivity contribution in [2.75, 3.05) is 26.4 Å². The third-order valence-corrected chi connectivity index (χ3v) is 0.830. The topological polar surface area (TPSA) is 110 Å². The summed E-state index contributed by atoms with van der Waals surface area (Å²) in [5.74, 6) is 0. The molecule has 6 nitrogen and oxygen atoms in total. The summed E-state index contributed by atoms with van der Waals surface area (Å²) in [6.45, 7) is 4.94. The SMILES string of the molecule is CCOCC.OCC(O)CO.OSO. The molecule has 0 fully saturated rings. The molecule has 0 aromatic rings. The predicted octanol–water partition coefficient (Wildman–Crippen LogP) is 0.0403. The van der Waals surface area contributed by atoms with E-state index in [1.54, 1.807) is 0 Å². The molecule has 0 aliphatic heterocycles. The molecule has 0 aliphatic carbocycles. The molecular weight excluding hydrogens is 212 g/mol. The highest BCUT2D eigenvalue weighted by Crippen LogP contribution is 1.71. The second-order valence-electron chi connectivity index (χ2n) is 1.88. The minimum atomic E-state index is -0.954. The van der Waals surface area contributed by atoms with Crippen molar-refractivity contribution in [3.63, 3.8) is 0 Å². The van der Waals surface area contributed by atoms with Crippen LogP contribution in [0.2, 0.25) is 0 Å². The number of hydrogen-bond donors (Lipinski definition) is 5. The van der Waals surface area contributed by atoms with Gasteiger partial charge in [-0.3, -0.25) is 0 Å². The zero-order valence-corrected chi connectivity index (χ0v) is 9.27. The lowest BCUT2D eigenvalue weighted by Gasteiger charge is -1.96. The van der Waals surface area contributed by atoms with Crippen LogP contribution in [0.1, 0.15) is 13.8 Å². The molecule has 0 amide bonds. The first-order chi connectivity index (χ1) is 6.64. The van der Waals surface area contributed by atoms with Gasteiger partial charge in [0.1, 0.15) is 6.10 Å². The van der Waals surface area contributed by atoms with Gasteiger partial charge in [0.05, 0.1) is 13.2 Å². The molecule has 0 aromatic heterocycles. The fourth-order valence-corrected chi connectivity index (χ4v) is 0.262. The maximum Gasteiger partial charge on any atom is 0.152 e. The van der Waals surface area contributed by atoms with Crippen LogP contribution in [-0.2, 0) is 4.74 Å². The maximum atomic E-state index is 8.17. The Labute approximate surface area is 88.6 Å². The van der Waals surface area contributed by atoms with Crippen molar-refractivity contribution < 1.29 is 29.2 Å². The summed E-state index contributed by atoms with van der Waals surface area (Å²) in [4.78, 5) is 0. The molecule has 0 radical (unpaired) electrons. The third-order valence-electron chi connectivity index (χ3n) is 0.830. The molecule has 0 atom stereocenters. The van der Waals surface area contributed by atoms with Crippen molar-refractivity contribution >= 4 is 12.3 Å². The summed E-state index contributed by atoms with van der Waals surface area (Å²) in [5, 5.41) is 24.0. The van der Waals surface area contributed by atoms with Crippen molar-refractivity contribution in [2.24, 2.45) is 0 Å². The van der Waals surface area contributed by atoms with Gasteiger partial charge < -0.3 is 29.2 Å². The molecule has 5 N–H and O–H groups in total. The van der Waals surface area contributed by atoms with Gasteiger partial charge in [-0.2, -0.15) is 0 Å². The molecule has 14 heavy (non-hydrogen) atoms. The Morgan fingerprint density at radius 1 is 1.07 bits per heavy atom. The maximum absolute atomic E-state index is 8.17. The van der Waals surface area contributed by atoms with Crippen molar-refractivity contribution in [3.05, 3.63) is 0 Å². The molecule has 0 saturated carbocycles. The number of aliphatic hydroxyl groups is 3. The molecule has 90 valence electrons. The fourth-order valence-electron chi connectivity index (χ4n) is 0.262. The van der Waals surface area contributed by atoms with Gasteiger partial charge in [-0.05, 0) is 13.8 Å². The van der Waals surface area contributed by atoms with Crippen LogP contribution < -0.4 is 0 Å². The van der Waals surface area contributed by atoms with E-state index in [9.17, 15) is 0 Å². The van der Waals surface area contributed by atoms with Crippen molar-refractivity contribution in [2.45, 2.75) is 20.0 Å². The standard InChI is InChI=1S/C4H10O.C3H8O3.H2O2S/c1-3-5-4-2;4-1-3(6)2-5;1-3-2/h3-4H2,1-2H3;3-6H,1-2H2;1-2H. The molecule has 0 aliphatic rings. The van der Waals surface area contributed by atoms with Gasteiger partial charge in [-0.15, -0.1) is 0 Å². The average Bonchev–Trinajstić information content (AvgIpc) is 2.20. The zero-order valence-electron chi connectivity index (χ0n) is 8.46. The smallest absolute Gasteiger partial charge is 0.152 e. The Kier molecular flexibility index (Phi) is 32.5. The van der Waals surface area contributed by atoms with E-state index in [0.717, 1.165) is 13.2 Å². The fraction of sp³-hybridized carbons (Fsp3) is 1.00. The van der Waals surface area contributed by atoms with Gasteiger partial charge in [0.2, 0.25) is 0 Å². The number of hydrogen-bond acceptors (Lipinski definition) is 7. The van der Waals surface area contributed by atoms with E-state index >= 15 is 0 Å². The van der Waals surface area contributed by atoms with Gasteiger partial charge in [0.25, 0.3) is 0 Å². The Hall–Kier alpha value is 0.110. The number of ether oxygens (including phenoxy) is 1. The van der Waals surface area contributed by atoms with E-state index < -0.39 is 6.10 Å². The summed E-state index contributed by atoms with van der Waals surface area (Å²) >= 11 is -0.250. The molecule has 0 saturated heterocycles. The van der Waals surface area contributed by atoms with Crippen molar-refractivity contribution in [3.8, 4) is 0 Å². The van der Waals surface area contributed by atoms with Crippen LogP contribution in [0.5, 0.6) is 0 Å². The summed E-state index contributed by atoms with van der Waals surface area (Å²) in [7, 11) is 0. The molecule has 0 unspecified atom stereocenters. The largest absolute Gasteiger partial charge is 0.394 e. The van der Waals surface area contributed by atoms with Crippen molar-refractivity contribution in [1.82, 2.24) is 0 Å². The molecule has 0 rings (SSSR count). The van der Waals surface area contributed by atoms with Gasteiger partial charge in [-0.25, -0.2) is 0 Å². The van der Waals surface area contributed by atoms with Crippen LogP contribution in [0.15, 0.2) is 0 Å². The first-order valence-corrected chi connectivity index (χ1v) is 4.79. The Morgan fingerprint density at radius 3 is 1.36 bits per heavy atom. The van der Waals surface area contributed by atoms with Crippen LogP contribution in [0, 0.1) is 0 Å². The van der Waals surface area contributed by atoms with E-state index in [1.807, 2.05) is 13.8 Å². The van der Waals surface area contributed by atoms with Gasteiger partial charge in [0.15, 0.2) is 12.3 Å². The summed E-state index contributed by atoms with van der Waals surface area (Å²) < 4.78 is 18.9. The molecule has 0 aromatic carbocycles. The second-order valence-corrected chi connectivity index (χ2v) is 2.05. The molecular formula is C7H20O6S. The van der Waals surface area contributed by atoms with Crippen LogP contribution >= 0.6 is 12.3 Å². The lowest BCUT2D eigenvalue weighted by atomic mass is 10.4. The number of aliphatic hydroxyl groups excluding tert-OH is 3. The highest BCUT2D eigenvalue weighted by molar-refractivity contribution is 7.87. The Balaban J connectivity index is -0.000000138. The minimum Gasteiger partial charge on any atom is -0.394 e. The lowest BCUT2D eigenvalue weighted by Crippen LogP contribution is -2.15. The summed E-state index contributed by atoms with van der Waals surface area (Å²) in [5.41, 5.74) is 0. The first-order valence-electron chi connectivity index (χ1n) is 4.06. The summed E-state index contributed by atoms with van der Waals surface area (Å²) in [6.07, 6.45) is -0.954.